The van der Waals surface area contributed by atoms with E-state index in [2.05, 4.69) is 12.1 Å². The number of hydrogen-bond acceptors (Lipinski definition) is 2. The second-order valence-electron chi connectivity index (χ2n) is 5.05. The fourth-order valence-electron chi connectivity index (χ4n) is 2.73. The minimum atomic E-state index is -0.369. The molecule has 3 heteroatoms. The molecule has 2 aromatic rings. The molecular weight excluding hydrogens is 255 g/mol. The van der Waals surface area contributed by atoms with E-state index in [9.17, 15) is 4.39 Å². The van der Waals surface area contributed by atoms with Gasteiger partial charge in [-0.1, -0.05) is 30.3 Å². The third-order valence-electron chi connectivity index (χ3n) is 3.77. The maximum atomic E-state index is 13.7. The average molecular weight is 272 g/mol. The van der Waals surface area contributed by atoms with E-state index in [1.165, 1.54) is 18.7 Å². The van der Waals surface area contributed by atoms with Crippen LogP contribution >= 0.6 is 0 Å². The van der Waals surface area contributed by atoms with Gasteiger partial charge >= 0.3 is 0 Å². The lowest BCUT2D eigenvalue weighted by Gasteiger charge is -2.26. The lowest BCUT2D eigenvalue weighted by molar-refractivity contribution is 0.263. The normalized spacial score (nSPS) is 17.2. The number of benzene rings is 2. The van der Waals surface area contributed by atoms with Crippen molar-refractivity contribution in [3.63, 3.8) is 0 Å². The van der Waals surface area contributed by atoms with Gasteiger partial charge in [-0.15, -0.1) is 0 Å². The Hall–Kier alpha value is -2.03. The van der Waals surface area contributed by atoms with E-state index in [4.69, 9.17) is 9.47 Å². The van der Waals surface area contributed by atoms with Crippen molar-refractivity contribution in [2.45, 2.75) is 18.8 Å². The van der Waals surface area contributed by atoms with Crippen LogP contribution in [-0.4, -0.2) is 13.7 Å². The van der Waals surface area contributed by atoms with Crippen LogP contribution in [0.1, 0.15) is 23.5 Å². The standard InChI is InChI=1S/C17H17FO2/c1-19-17-10-14-13(9-12-5-3-2-4-6-12)7-8-20-16(14)11-15(17)18/h2-6,10-11,13H,7-9H2,1H3. The highest BCUT2D eigenvalue weighted by Gasteiger charge is 2.24. The molecule has 104 valence electrons. The Bertz CT molecular complexity index is 595. The molecule has 1 heterocycles. The molecule has 0 saturated heterocycles. The molecule has 0 aromatic heterocycles. The number of halogens is 1. The maximum Gasteiger partial charge on any atom is 0.168 e. The SMILES string of the molecule is COc1cc2c(cc1F)OCCC2Cc1ccccc1. The molecule has 0 aliphatic carbocycles. The summed E-state index contributed by atoms with van der Waals surface area (Å²) in [6.45, 7) is 0.635. The van der Waals surface area contributed by atoms with Gasteiger partial charge in [0, 0.05) is 11.6 Å². The molecule has 2 aromatic carbocycles. The average Bonchev–Trinajstić information content (AvgIpc) is 2.48. The molecule has 0 fully saturated rings. The summed E-state index contributed by atoms with van der Waals surface area (Å²) in [5, 5.41) is 0. The van der Waals surface area contributed by atoms with Crippen molar-refractivity contribution in [3.05, 3.63) is 59.4 Å². The van der Waals surface area contributed by atoms with Crippen molar-refractivity contribution >= 4 is 0 Å². The summed E-state index contributed by atoms with van der Waals surface area (Å²) in [5.74, 6) is 0.907. The number of fused-ring (bicyclic) bond motifs is 1. The van der Waals surface area contributed by atoms with Gasteiger partial charge in [0.1, 0.15) is 5.75 Å². The zero-order chi connectivity index (χ0) is 13.9. The van der Waals surface area contributed by atoms with Crippen LogP contribution in [0, 0.1) is 5.82 Å². The Morgan fingerprint density at radius 2 is 2.05 bits per heavy atom. The highest BCUT2D eigenvalue weighted by molar-refractivity contribution is 5.45. The smallest absolute Gasteiger partial charge is 0.168 e. The molecule has 1 atom stereocenters. The highest BCUT2D eigenvalue weighted by atomic mass is 19.1. The highest BCUT2D eigenvalue weighted by Crippen LogP contribution is 2.39. The lowest BCUT2D eigenvalue weighted by Crippen LogP contribution is -2.16. The maximum absolute atomic E-state index is 13.7. The molecule has 0 spiro atoms. The Morgan fingerprint density at radius 1 is 1.25 bits per heavy atom. The van der Waals surface area contributed by atoms with Crippen LogP contribution in [0.2, 0.25) is 0 Å². The molecule has 1 aliphatic heterocycles. The summed E-state index contributed by atoms with van der Waals surface area (Å²) >= 11 is 0. The number of hydrogen-bond donors (Lipinski definition) is 0. The second-order valence-corrected chi connectivity index (χ2v) is 5.05. The molecule has 1 aliphatic rings. The number of methoxy groups -OCH3 is 1. The summed E-state index contributed by atoms with van der Waals surface area (Å²) in [7, 11) is 1.49. The van der Waals surface area contributed by atoms with Gasteiger partial charge in [0.05, 0.1) is 13.7 Å². The summed E-state index contributed by atoms with van der Waals surface area (Å²) in [4.78, 5) is 0. The summed E-state index contributed by atoms with van der Waals surface area (Å²) in [6, 6.07) is 13.6. The lowest BCUT2D eigenvalue weighted by atomic mass is 9.87. The van der Waals surface area contributed by atoms with E-state index < -0.39 is 0 Å². The topological polar surface area (TPSA) is 18.5 Å². The van der Waals surface area contributed by atoms with Gasteiger partial charge in [-0.25, -0.2) is 4.39 Å². The first kappa shape index (κ1) is 13.0. The van der Waals surface area contributed by atoms with Gasteiger partial charge in [0.15, 0.2) is 11.6 Å². The van der Waals surface area contributed by atoms with Gasteiger partial charge in [-0.3, -0.25) is 0 Å². The quantitative estimate of drug-likeness (QED) is 0.842. The minimum absolute atomic E-state index is 0.285. The molecule has 3 rings (SSSR count). The van der Waals surface area contributed by atoms with Gasteiger partial charge in [0.2, 0.25) is 0 Å². The molecule has 0 saturated carbocycles. The molecule has 0 N–H and O–H groups in total. The van der Waals surface area contributed by atoms with Crippen LogP contribution in [0.25, 0.3) is 0 Å². The van der Waals surface area contributed by atoms with Crippen molar-refractivity contribution in [1.29, 1.82) is 0 Å². The second kappa shape index (κ2) is 5.53. The van der Waals surface area contributed by atoms with Gasteiger partial charge in [-0.05, 0) is 30.4 Å². The zero-order valence-electron chi connectivity index (χ0n) is 11.4. The first-order valence-corrected chi connectivity index (χ1v) is 6.82. The first-order chi connectivity index (χ1) is 9.78. The van der Waals surface area contributed by atoms with Crippen molar-refractivity contribution in [2.75, 3.05) is 13.7 Å². The predicted molar refractivity (Wildman–Crippen MR) is 76.0 cm³/mol. The molecule has 0 bridgehead atoms. The molecule has 20 heavy (non-hydrogen) atoms. The summed E-state index contributed by atoms with van der Waals surface area (Å²) in [6.07, 6.45) is 1.88. The summed E-state index contributed by atoms with van der Waals surface area (Å²) < 4.78 is 24.4. The van der Waals surface area contributed by atoms with Crippen molar-refractivity contribution in [3.8, 4) is 11.5 Å². The Labute approximate surface area is 118 Å². The van der Waals surface area contributed by atoms with Gasteiger partial charge < -0.3 is 9.47 Å². The zero-order valence-corrected chi connectivity index (χ0v) is 11.4. The van der Waals surface area contributed by atoms with Crippen molar-refractivity contribution in [2.24, 2.45) is 0 Å². The fourth-order valence-corrected chi connectivity index (χ4v) is 2.73. The van der Waals surface area contributed by atoms with Crippen LogP contribution in [0.5, 0.6) is 11.5 Å². The van der Waals surface area contributed by atoms with E-state index >= 15 is 0 Å². The third-order valence-corrected chi connectivity index (χ3v) is 3.77. The Balaban J connectivity index is 1.93. The molecule has 0 radical (unpaired) electrons. The molecule has 2 nitrogen and oxygen atoms in total. The van der Waals surface area contributed by atoms with Crippen LogP contribution in [-0.2, 0) is 6.42 Å². The van der Waals surface area contributed by atoms with Crippen molar-refractivity contribution < 1.29 is 13.9 Å². The molecule has 1 unspecified atom stereocenters. The van der Waals surface area contributed by atoms with Crippen LogP contribution in [0.3, 0.4) is 0 Å². The largest absolute Gasteiger partial charge is 0.494 e. The van der Waals surface area contributed by atoms with Crippen molar-refractivity contribution in [1.82, 2.24) is 0 Å². The summed E-state index contributed by atoms with van der Waals surface area (Å²) in [5.41, 5.74) is 2.33. The van der Waals surface area contributed by atoms with Gasteiger partial charge in [-0.2, -0.15) is 0 Å². The van der Waals surface area contributed by atoms with E-state index in [1.807, 2.05) is 18.2 Å². The van der Waals surface area contributed by atoms with E-state index in [-0.39, 0.29) is 11.6 Å². The third kappa shape index (κ3) is 2.48. The number of rotatable bonds is 3. The fraction of sp³-hybridized carbons (Fsp3) is 0.294. The Morgan fingerprint density at radius 3 is 2.80 bits per heavy atom. The van der Waals surface area contributed by atoms with E-state index in [0.717, 1.165) is 18.4 Å². The van der Waals surface area contributed by atoms with E-state index in [1.54, 1.807) is 6.07 Å². The predicted octanol–water partition coefficient (Wildman–Crippen LogP) is 3.94. The first-order valence-electron chi connectivity index (χ1n) is 6.82. The minimum Gasteiger partial charge on any atom is -0.494 e. The van der Waals surface area contributed by atoms with Crippen LogP contribution in [0.15, 0.2) is 42.5 Å². The monoisotopic (exact) mass is 272 g/mol. The molecule has 0 amide bonds. The van der Waals surface area contributed by atoms with Crippen LogP contribution < -0.4 is 9.47 Å². The number of ether oxygens (including phenoxy) is 2. The van der Waals surface area contributed by atoms with Crippen LogP contribution in [0.4, 0.5) is 4.39 Å². The Kier molecular flexibility index (Phi) is 3.59. The molecular formula is C17H17FO2. The van der Waals surface area contributed by atoms with E-state index in [0.29, 0.717) is 18.3 Å². The van der Waals surface area contributed by atoms with Gasteiger partial charge in [0.25, 0.3) is 0 Å².